The van der Waals surface area contributed by atoms with Gasteiger partial charge in [-0.05, 0) is 38.3 Å². The number of benzene rings is 1. The summed E-state index contributed by atoms with van der Waals surface area (Å²) in [6.07, 6.45) is 5.86. The molecule has 0 bridgehead atoms. The lowest BCUT2D eigenvalue weighted by Gasteiger charge is -2.30. The molecule has 29 heavy (non-hydrogen) atoms. The summed E-state index contributed by atoms with van der Waals surface area (Å²) in [6.45, 7) is 4.59. The zero-order valence-electron chi connectivity index (χ0n) is 17.3. The maximum atomic E-state index is 12.1. The summed E-state index contributed by atoms with van der Waals surface area (Å²) in [5.41, 5.74) is 3.00. The molecule has 160 valence electrons. The average Bonchev–Trinajstić information content (AvgIpc) is 3.20. The van der Waals surface area contributed by atoms with Crippen LogP contribution >= 0.6 is 24.0 Å². The number of aliphatic imine (C=N–C) groups is 1. The minimum absolute atomic E-state index is 0. The van der Waals surface area contributed by atoms with Gasteiger partial charge in [0.2, 0.25) is 5.89 Å². The monoisotopic (exact) mass is 530 g/mol. The van der Waals surface area contributed by atoms with Gasteiger partial charge in [-0.3, -0.25) is 9.20 Å². The zero-order valence-corrected chi connectivity index (χ0v) is 20.5. The number of guanidine groups is 1. The van der Waals surface area contributed by atoms with E-state index in [0.29, 0.717) is 23.7 Å². The largest absolute Gasteiger partial charge is 0.444 e. The van der Waals surface area contributed by atoms with Crippen LogP contribution in [0.2, 0.25) is 0 Å². The molecule has 0 saturated heterocycles. The van der Waals surface area contributed by atoms with Crippen LogP contribution in [0.5, 0.6) is 0 Å². The number of halogens is 1. The first-order chi connectivity index (χ1) is 13.6. The maximum absolute atomic E-state index is 12.1. The van der Waals surface area contributed by atoms with Crippen molar-refractivity contribution < 1.29 is 8.63 Å². The molecule has 2 N–H and O–H groups in total. The summed E-state index contributed by atoms with van der Waals surface area (Å²) in [4.78, 5) is 8.88. The molecule has 3 rings (SSSR count). The number of hydrogen-bond donors (Lipinski definition) is 2. The van der Waals surface area contributed by atoms with Gasteiger partial charge >= 0.3 is 0 Å². The van der Waals surface area contributed by atoms with Gasteiger partial charge in [0, 0.05) is 40.5 Å². The molecule has 1 fully saturated rings. The van der Waals surface area contributed by atoms with Crippen molar-refractivity contribution >= 4 is 40.7 Å². The lowest BCUT2D eigenvalue weighted by Crippen LogP contribution is -2.46. The Hall–Kier alpha value is -1.42. The summed E-state index contributed by atoms with van der Waals surface area (Å²) in [6, 6.07) is 8.43. The van der Waals surface area contributed by atoms with Crippen molar-refractivity contribution in [2.45, 2.75) is 57.4 Å². The third-order valence-electron chi connectivity index (χ3n) is 5.13. The third kappa shape index (κ3) is 6.80. The Bertz CT molecular complexity index is 822. The van der Waals surface area contributed by atoms with E-state index >= 15 is 0 Å². The van der Waals surface area contributed by atoms with Crippen LogP contribution < -0.4 is 10.6 Å². The van der Waals surface area contributed by atoms with E-state index in [9.17, 15) is 4.21 Å². The molecule has 1 aromatic carbocycles. The van der Waals surface area contributed by atoms with Crippen LogP contribution in [0, 0.1) is 6.92 Å². The molecule has 0 amide bonds. The first kappa shape index (κ1) is 23.9. The van der Waals surface area contributed by atoms with E-state index in [1.807, 2.05) is 31.2 Å². The van der Waals surface area contributed by atoms with Gasteiger partial charge in [0.05, 0.1) is 12.2 Å². The van der Waals surface area contributed by atoms with E-state index in [4.69, 9.17) is 4.42 Å². The van der Waals surface area contributed by atoms with Gasteiger partial charge in [0.1, 0.15) is 6.26 Å². The lowest BCUT2D eigenvalue weighted by molar-refractivity contribution is 0.413. The normalized spacial score (nSPS) is 20.6. The van der Waals surface area contributed by atoms with Gasteiger partial charge < -0.3 is 15.1 Å². The van der Waals surface area contributed by atoms with Crippen molar-refractivity contribution in [3.8, 4) is 11.5 Å². The smallest absolute Gasteiger partial charge is 0.226 e. The van der Waals surface area contributed by atoms with Crippen LogP contribution in [0.25, 0.3) is 11.5 Å². The number of hydrogen-bond acceptors (Lipinski definition) is 4. The standard InChI is InChI=1S/C21H30N4O2S.HI/c1-4-28(26)19-7-5-6-17(12-19)25-21(22-3)23-13-18-14-27-20(24-18)16-10-8-15(2)9-11-16;/h8-11,14,17,19H,4-7,12-13H2,1-3H3,(H2,22,23,25);1H. The van der Waals surface area contributed by atoms with E-state index in [0.717, 1.165) is 48.7 Å². The van der Waals surface area contributed by atoms with Gasteiger partial charge in [0.25, 0.3) is 0 Å². The Morgan fingerprint density at radius 1 is 1.31 bits per heavy atom. The van der Waals surface area contributed by atoms with Crippen LogP contribution in [0.15, 0.2) is 39.9 Å². The minimum Gasteiger partial charge on any atom is -0.444 e. The maximum Gasteiger partial charge on any atom is 0.226 e. The highest BCUT2D eigenvalue weighted by atomic mass is 127. The summed E-state index contributed by atoms with van der Waals surface area (Å²) in [5, 5.41) is 7.07. The average molecular weight is 530 g/mol. The third-order valence-corrected chi connectivity index (χ3v) is 6.87. The molecular weight excluding hydrogens is 499 g/mol. The second kappa shape index (κ2) is 11.7. The Labute approximate surface area is 192 Å². The summed E-state index contributed by atoms with van der Waals surface area (Å²) in [7, 11) is 1.04. The minimum atomic E-state index is -0.724. The zero-order chi connectivity index (χ0) is 19.9. The number of nitrogens with zero attached hydrogens (tertiary/aromatic N) is 2. The van der Waals surface area contributed by atoms with Crippen LogP contribution in [0.4, 0.5) is 0 Å². The molecule has 1 aliphatic rings. The summed E-state index contributed by atoms with van der Waals surface area (Å²) >= 11 is 0. The van der Waals surface area contributed by atoms with Gasteiger partial charge in [-0.2, -0.15) is 0 Å². The van der Waals surface area contributed by atoms with Gasteiger partial charge in [-0.25, -0.2) is 4.98 Å². The predicted molar refractivity (Wildman–Crippen MR) is 130 cm³/mol. The first-order valence-corrected chi connectivity index (χ1v) is 11.3. The van der Waals surface area contributed by atoms with Crippen LogP contribution in [0.1, 0.15) is 43.9 Å². The molecule has 1 saturated carbocycles. The first-order valence-electron chi connectivity index (χ1n) is 9.94. The van der Waals surface area contributed by atoms with Gasteiger partial charge in [-0.1, -0.05) is 31.0 Å². The number of nitrogens with one attached hydrogen (secondary N) is 2. The number of aryl methyl sites for hydroxylation is 1. The highest BCUT2D eigenvalue weighted by molar-refractivity contribution is 14.0. The summed E-state index contributed by atoms with van der Waals surface area (Å²) in [5.74, 6) is 2.10. The molecular formula is C21H31IN4O2S. The SMILES string of the molecule is CCS(=O)C1CCCC(NC(=NC)NCc2coc(-c3ccc(C)cc3)n2)C1.I. The topological polar surface area (TPSA) is 79.5 Å². The highest BCUT2D eigenvalue weighted by Gasteiger charge is 2.26. The fourth-order valence-electron chi connectivity index (χ4n) is 3.53. The van der Waals surface area contributed by atoms with Crippen LogP contribution in [-0.2, 0) is 17.3 Å². The van der Waals surface area contributed by atoms with Crippen molar-refractivity contribution in [3.05, 3.63) is 41.8 Å². The molecule has 3 unspecified atom stereocenters. The Morgan fingerprint density at radius 2 is 2.07 bits per heavy atom. The fraction of sp³-hybridized carbons (Fsp3) is 0.524. The van der Waals surface area contributed by atoms with Crippen molar-refractivity contribution in [1.29, 1.82) is 0 Å². The van der Waals surface area contributed by atoms with E-state index < -0.39 is 10.8 Å². The quantitative estimate of drug-likeness (QED) is 0.335. The Morgan fingerprint density at radius 3 is 2.76 bits per heavy atom. The van der Waals surface area contributed by atoms with Crippen molar-refractivity contribution in [1.82, 2.24) is 15.6 Å². The van der Waals surface area contributed by atoms with E-state index in [-0.39, 0.29) is 24.0 Å². The molecule has 0 aliphatic heterocycles. The molecule has 1 aliphatic carbocycles. The molecule has 2 aromatic rings. The molecule has 0 radical (unpaired) electrons. The van der Waals surface area contributed by atoms with Gasteiger partial charge in [0.15, 0.2) is 5.96 Å². The van der Waals surface area contributed by atoms with E-state index in [1.54, 1.807) is 13.3 Å². The highest BCUT2D eigenvalue weighted by Crippen LogP contribution is 2.23. The molecule has 6 nitrogen and oxygen atoms in total. The molecule has 0 spiro atoms. The predicted octanol–water partition coefficient (Wildman–Crippen LogP) is 4.01. The van der Waals surface area contributed by atoms with Crippen LogP contribution in [-0.4, -0.2) is 39.2 Å². The van der Waals surface area contributed by atoms with Gasteiger partial charge in [-0.15, -0.1) is 24.0 Å². The number of rotatable bonds is 6. The van der Waals surface area contributed by atoms with E-state index in [1.165, 1.54) is 5.56 Å². The second-order valence-electron chi connectivity index (χ2n) is 7.24. The number of aromatic nitrogens is 1. The Balaban J connectivity index is 0.00000300. The molecule has 1 heterocycles. The Kier molecular flexibility index (Phi) is 9.61. The second-order valence-corrected chi connectivity index (χ2v) is 9.24. The fourth-order valence-corrected chi connectivity index (χ4v) is 4.88. The van der Waals surface area contributed by atoms with Crippen LogP contribution in [0.3, 0.4) is 0 Å². The summed E-state index contributed by atoms with van der Waals surface area (Å²) < 4.78 is 17.7. The van der Waals surface area contributed by atoms with E-state index in [2.05, 4.69) is 27.5 Å². The number of oxazole rings is 1. The molecule has 3 atom stereocenters. The molecule has 8 heteroatoms. The lowest BCUT2D eigenvalue weighted by atomic mass is 9.95. The van der Waals surface area contributed by atoms with Crippen molar-refractivity contribution in [2.24, 2.45) is 4.99 Å². The van der Waals surface area contributed by atoms with Crippen molar-refractivity contribution in [2.75, 3.05) is 12.8 Å². The van der Waals surface area contributed by atoms with Crippen molar-refractivity contribution in [3.63, 3.8) is 0 Å². The molecule has 1 aromatic heterocycles.